The molecule has 4 aliphatic rings. The van der Waals surface area contributed by atoms with E-state index in [0.717, 1.165) is 31.5 Å². The van der Waals surface area contributed by atoms with Crippen molar-refractivity contribution in [1.82, 2.24) is 15.1 Å². The Morgan fingerprint density at radius 1 is 1.31 bits per heavy atom. The topological polar surface area (TPSA) is 57.2 Å². The number of halogens is 1. The van der Waals surface area contributed by atoms with E-state index in [1.807, 2.05) is 25.7 Å². The summed E-state index contributed by atoms with van der Waals surface area (Å²) < 4.78 is 5.52. The highest BCUT2D eigenvalue weighted by molar-refractivity contribution is 14.0. The summed E-state index contributed by atoms with van der Waals surface area (Å²) in [4.78, 5) is 21.2. The van der Waals surface area contributed by atoms with Crippen LogP contribution in [-0.2, 0) is 4.74 Å². The first-order valence-corrected chi connectivity index (χ1v) is 9.89. The number of hydrogen-bond donors (Lipinski definition) is 1. The number of hydrogen-bond acceptors (Lipinski definition) is 5. The number of nitrogens with zero attached hydrogens (tertiary/aromatic N) is 3. The maximum Gasteiger partial charge on any atom is 0.410 e. The van der Waals surface area contributed by atoms with E-state index >= 15 is 0 Å². The van der Waals surface area contributed by atoms with Crippen molar-refractivity contribution in [1.29, 1.82) is 0 Å². The van der Waals surface area contributed by atoms with Gasteiger partial charge in [0.05, 0.1) is 12.6 Å². The molecule has 1 saturated heterocycles. The van der Waals surface area contributed by atoms with Gasteiger partial charge in [-0.3, -0.25) is 4.99 Å². The molecule has 0 bridgehead atoms. The van der Waals surface area contributed by atoms with E-state index in [1.165, 1.54) is 32.1 Å². The van der Waals surface area contributed by atoms with Crippen LogP contribution in [0.25, 0.3) is 0 Å². The van der Waals surface area contributed by atoms with Crippen molar-refractivity contribution in [2.45, 2.75) is 64.5 Å². The lowest BCUT2D eigenvalue weighted by Gasteiger charge is -2.44. The van der Waals surface area contributed by atoms with Crippen LogP contribution in [0.2, 0.25) is 0 Å². The highest BCUT2D eigenvalue weighted by Crippen LogP contribution is 2.56. The number of guanidine groups is 1. The van der Waals surface area contributed by atoms with E-state index in [2.05, 4.69) is 10.2 Å². The zero-order chi connectivity index (χ0) is 17.7. The number of carbonyl (C=O) groups is 1. The Morgan fingerprint density at radius 3 is 2.62 bits per heavy atom. The third-order valence-electron chi connectivity index (χ3n) is 6.25. The first-order chi connectivity index (χ1) is 11.9. The van der Waals surface area contributed by atoms with Gasteiger partial charge in [-0.05, 0) is 57.8 Å². The Balaban J connectivity index is 0.00000196. The second kappa shape index (κ2) is 7.36. The molecule has 3 fully saturated rings. The van der Waals surface area contributed by atoms with Crippen LogP contribution < -0.4 is 5.32 Å². The molecule has 2 heterocycles. The van der Waals surface area contributed by atoms with Crippen LogP contribution in [-0.4, -0.2) is 66.2 Å². The van der Waals surface area contributed by atoms with Gasteiger partial charge in [0, 0.05) is 26.2 Å². The highest BCUT2D eigenvalue weighted by atomic mass is 127. The van der Waals surface area contributed by atoms with Crippen molar-refractivity contribution in [2.75, 3.05) is 32.7 Å². The summed E-state index contributed by atoms with van der Waals surface area (Å²) in [6, 6.07) is 0.294. The molecule has 148 valence electrons. The monoisotopic (exact) mass is 476 g/mol. The average Bonchev–Trinajstić information content (AvgIpc) is 3.25. The van der Waals surface area contributed by atoms with E-state index in [0.29, 0.717) is 24.5 Å². The van der Waals surface area contributed by atoms with Gasteiger partial charge in [0.25, 0.3) is 0 Å². The predicted octanol–water partition coefficient (Wildman–Crippen LogP) is 3.07. The summed E-state index contributed by atoms with van der Waals surface area (Å²) in [5.74, 6) is 2.01. The molecule has 0 aromatic rings. The molecule has 26 heavy (non-hydrogen) atoms. The summed E-state index contributed by atoms with van der Waals surface area (Å²) in [7, 11) is 0. The molecule has 2 aliphatic carbocycles. The molecule has 2 aliphatic heterocycles. The fourth-order valence-corrected chi connectivity index (χ4v) is 4.53. The van der Waals surface area contributed by atoms with Crippen molar-refractivity contribution < 1.29 is 9.53 Å². The number of rotatable bonds is 3. The normalized spacial score (nSPS) is 27.0. The van der Waals surface area contributed by atoms with Gasteiger partial charge in [-0.15, -0.1) is 24.0 Å². The predicted molar refractivity (Wildman–Crippen MR) is 113 cm³/mol. The molecule has 0 aromatic carbocycles. The first kappa shape index (κ1) is 20.0. The average molecular weight is 476 g/mol. The van der Waals surface area contributed by atoms with Gasteiger partial charge in [-0.1, -0.05) is 6.42 Å². The lowest BCUT2D eigenvalue weighted by Crippen LogP contribution is -2.58. The SMILES string of the molecule is CC(C)(C)OC(=O)N1CCN2C(NCC3(C4CC4)CCC3)=NCC2C1.I. The molecule has 0 aromatic heterocycles. The number of carbonyl (C=O) groups excluding carboxylic acids is 1. The number of nitrogens with one attached hydrogen (secondary N) is 1. The van der Waals surface area contributed by atoms with Gasteiger partial charge in [0.2, 0.25) is 0 Å². The van der Waals surface area contributed by atoms with Crippen LogP contribution in [0.3, 0.4) is 0 Å². The molecule has 1 amide bonds. The van der Waals surface area contributed by atoms with Crippen LogP contribution in [0.5, 0.6) is 0 Å². The zero-order valence-corrected chi connectivity index (χ0v) is 18.6. The fraction of sp³-hybridized carbons (Fsp3) is 0.895. The molecule has 6 nitrogen and oxygen atoms in total. The molecular weight excluding hydrogens is 443 g/mol. The van der Waals surface area contributed by atoms with Gasteiger partial charge >= 0.3 is 6.09 Å². The first-order valence-electron chi connectivity index (χ1n) is 9.89. The molecule has 0 spiro atoms. The summed E-state index contributed by atoms with van der Waals surface area (Å²) >= 11 is 0. The molecule has 4 rings (SSSR count). The maximum absolute atomic E-state index is 12.3. The maximum atomic E-state index is 12.3. The second-order valence-corrected chi connectivity index (χ2v) is 9.28. The summed E-state index contributed by atoms with van der Waals surface area (Å²) in [5.41, 5.74) is 0.117. The Morgan fingerprint density at radius 2 is 2.04 bits per heavy atom. The fourth-order valence-electron chi connectivity index (χ4n) is 4.53. The third kappa shape index (κ3) is 4.07. The van der Waals surface area contributed by atoms with E-state index in [-0.39, 0.29) is 30.1 Å². The Bertz CT molecular complexity index is 566. The molecule has 7 heteroatoms. The Hall–Kier alpha value is -0.730. The molecule has 1 unspecified atom stereocenters. The summed E-state index contributed by atoms with van der Waals surface area (Å²) in [6.45, 7) is 9.85. The van der Waals surface area contributed by atoms with Gasteiger partial charge in [-0.25, -0.2) is 4.79 Å². The van der Waals surface area contributed by atoms with Crippen LogP contribution >= 0.6 is 24.0 Å². The molecule has 1 atom stereocenters. The summed E-state index contributed by atoms with van der Waals surface area (Å²) in [5, 5.41) is 3.67. The number of ether oxygens (including phenoxy) is 1. The lowest BCUT2D eigenvalue weighted by atomic mass is 9.65. The van der Waals surface area contributed by atoms with E-state index in [1.54, 1.807) is 0 Å². The minimum absolute atomic E-state index is 0. The van der Waals surface area contributed by atoms with Crippen LogP contribution in [0, 0.1) is 11.3 Å². The van der Waals surface area contributed by atoms with Gasteiger partial charge < -0.3 is 19.9 Å². The number of fused-ring (bicyclic) bond motifs is 1. The zero-order valence-electron chi connectivity index (χ0n) is 16.3. The Kier molecular flexibility index (Phi) is 5.66. The smallest absolute Gasteiger partial charge is 0.410 e. The summed E-state index contributed by atoms with van der Waals surface area (Å²) in [6.07, 6.45) is 6.80. The van der Waals surface area contributed by atoms with Crippen LogP contribution in [0.4, 0.5) is 4.79 Å². The van der Waals surface area contributed by atoms with Crippen molar-refractivity contribution in [3.05, 3.63) is 0 Å². The van der Waals surface area contributed by atoms with Gasteiger partial charge in [0.15, 0.2) is 5.96 Å². The molecule has 0 radical (unpaired) electrons. The minimum Gasteiger partial charge on any atom is -0.444 e. The highest BCUT2D eigenvalue weighted by Gasteiger charge is 2.49. The molecule has 1 N–H and O–H groups in total. The number of aliphatic imine (C=N–C) groups is 1. The van der Waals surface area contributed by atoms with Crippen molar-refractivity contribution in [3.63, 3.8) is 0 Å². The lowest BCUT2D eigenvalue weighted by molar-refractivity contribution is 0.0136. The quantitative estimate of drug-likeness (QED) is 0.637. The number of piperazine rings is 1. The third-order valence-corrected chi connectivity index (χ3v) is 6.25. The van der Waals surface area contributed by atoms with Gasteiger partial charge in [0.1, 0.15) is 5.60 Å². The van der Waals surface area contributed by atoms with Crippen molar-refractivity contribution >= 4 is 36.0 Å². The molecule has 2 saturated carbocycles. The van der Waals surface area contributed by atoms with E-state index in [9.17, 15) is 4.79 Å². The van der Waals surface area contributed by atoms with Gasteiger partial charge in [-0.2, -0.15) is 0 Å². The van der Waals surface area contributed by atoms with Crippen molar-refractivity contribution in [3.8, 4) is 0 Å². The minimum atomic E-state index is -0.437. The second-order valence-electron chi connectivity index (χ2n) is 9.28. The Labute approximate surface area is 174 Å². The van der Waals surface area contributed by atoms with E-state index in [4.69, 9.17) is 9.73 Å². The molecular formula is C19H33IN4O2. The van der Waals surface area contributed by atoms with E-state index < -0.39 is 5.60 Å². The van der Waals surface area contributed by atoms with Crippen LogP contribution in [0.1, 0.15) is 52.9 Å². The van der Waals surface area contributed by atoms with Crippen molar-refractivity contribution in [2.24, 2.45) is 16.3 Å². The largest absolute Gasteiger partial charge is 0.444 e. The van der Waals surface area contributed by atoms with Crippen LogP contribution in [0.15, 0.2) is 4.99 Å². The number of amides is 1. The standard InChI is InChI=1S/C19H32N4O2.HI/c1-18(2,3)25-17(24)22-9-10-23-15(12-22)11-20-16(23)21-13-19(7-4-8-19)14-5-6-14;/h14-15H,4-13H2,1-3H3,(H,20,21);1H.